The zero-order valence-corrected chi connectivity index (χ0v) is 7.38. The first kappa shape index (κ1) is 9.20. The molecule has 0 fully saturated rings. The second-order valence-electron chi connectivity index (χ2n) is 2.87. The lowest BCUT2D eigenvalue weighted by molar-refractivity contribution is 0.206. The number of amides is 1. The molecule has 0 aliphatic carbocycles. The van der Waals surface area contributed by atoms with Gasteiger partial charge in [-0.05, 0) is 18.2 Å². The molecule has 76 valence electrons. The van der Waals surface area contributed by atoms with E-state index in [1.54, 1.807) is 0 Å². The smallest absolute Gasteiger partial charge is 0.433 e. The minimum Gasteiger partial charge on any atom is -0.507 e. The van der Waals surface area contributed by atoms with Crippen LogP contribution in [0.4, 0.5) is 4.79 Å². The Morgan fingerprint density at radius 3 is 2.53 bits per heavy atom. The van der Waals surface area contributed by atoms with Crippen LogP contribution in [0.25, 0.3) is 6.08 Å². The number of phenols is 2. The molecule has 6 nitrogen and oxygen atoms in total. The molecule has 0 radical (unpaired) electrons. The number of aromatic hydroxyl groups is 2. The maximum absolute atomic E-state index is 10.3. The number of nitrogens with zero attached hydrogens (tertiary/aromatic N) is 2. The van der Waals surface area contributed by atoms with Crippen LogP contribution in [0.3, 0.4) is 0 Å². The first-order valence-corrected chi connectivity index (χ1v) is 4.01. The van der Waals surface area contributed by atoms with Crippen molar-refractivity contribution < 1.29 is 20.1 Å². The van der Waals surface area contributed by atoms with Crippen molar-refractivity contribution in [3.63, 3.8) is 0 Å². The molecule has 1 aliphatic heterocycles. The molecule has 0 saturated carbocycles. The lowest BCUT2D eigenvalue weighted by atomic mass is 10.2. The van der Waals surface area contributed by atoms with Crippen molar-refractivity contribution >= 4 is 18.0 Å². The van der Waals surface area contributed by atoms with Crippen molar-refractivity contribution in [1.82, 2.24) is 0 Å². The SMILES string of the molecule is O=C(O)N=C1C=c2c(O)ccc(O)c2=N1. The van der Waals surface area contributed by atoms with E-state index in [1.807, 2.05) is 0 Å². The minimum atomic E-state index is -1.38. The van der Waals surface area contributed by atoms with Crippen molar-refractivity contribution in [2.45, 2.75) is 0 Å². The van der Waals surface area contributed by atoms with E-state index in [0.717, 1.165) is 0 Å². The molecule has 0 unspecified atom stereocenters. The first-order valence-electron chi connectivity index (χ1n) is 4.01. The number of rotatable bonds is 0. The molecule has 2 rings (SSSR count). The summed E-state index contributed by atoms with van der Waals surface area (Å²) < 4.78 is 0. The van der Waals surface area contributed by atoms with Crippen LogP contribution >= 0.6 is 0 Å². The van der Waals surface area contributed by atoms with Crippen LogP contribution in [0.2, 0.25) is 0 Å². The summed E-state index contributed by atoms with van der Waals surface area (Å²) in [5, 5.41) is 27.6. The number of amidine groups is 1. The van der Waals surface area contributed by atoms with Gasteiger partial charge in [-0.15, -0.1) is 0 Å². The average Bonchev–Trinajstić information content (AvgIpc) is 2.55. The van der Waals surface area contributed by atoms with Gasteiger partial charge in [0.15, 0.2) is 5.84 Å². The monoisotopic (exact) mass is 206 g/mol. The van der Waals surface area contributed by atoms with Gasteiger partial charge < -0.3 is 15.3 Å². The molecule has 3 N–H and O–H groups in total. The molecular weight excluding hydrogens is 200 g/mol. The Balaban J connectivity index is 2.72. The second kappa shape index (κ2) is 3.09. The summed E-state index contributed by atoms with van der Waals surface area (Å²) in [6.45, 7) is 0. The van der Waals surface area contributed by atoms with E-state index in [9.17, 15) is 15.0 Å². The largest absolute Gasteiger partial charge is 0.507 e. The third-order valence-corrected chi connectivity index (χ3v) is 1.88. The maximum Gasteiger partial charge on any atom is 0.433 e. The number of fused-ring (bicyclic) bond motifs is 1. The highest BCUT2D eigenvalue weighted by Crippen LogP contribution is 2.06. The predicted octanol–water partition coefficient (Wildman–Crippen LogP) is -0.412. The Morgan fingerprint density at radius 2 is 1.93 bits per heavy atom. The number of carboxylic acid groups (broad SMARTS) is 1. The molecule has 1 amide bonds. The molecule has 0 atom stereocenters. The minimum absolute atomic E-state index is 0.0608. The van der Waals surface area contributed by atoms with Crippen LogP contribution in [0.5, 0.6) is 11.5 Å². The molecule has 0 saturated heterocycles. The summed E-state index contributed by atoms with van der Waals surface area (Å²) >= 11 is 0. The summed E-state index contributed by atoms with van der Waals surface area (Å²) in [5.74, 6) is -0.272. The zero-order valence-electron chi connectivity index (χ0n) is 7.38. The molecule has 0 spiro atoms. The summed E-state index contributed by atoms with van der Waals surface area (Å²) in [7, 11) is 0. The highest BCUT2D eigenvalue weighted by atomic mass is 16.4. The van der Waals surface area contributed by atoms with Gasteiger partial charge in [-0.2, -0.15) is 4.99 Å². The van der Waals surface area contributed by atoms with E-state index in [2.05, 4.69) is 9.98 Å². The molecule has 1 aromatic rings. The van der Waals surface area contributed by atoms with Gasteiger partial charge in [0.1, 0.15) is 16.9 Å². The maximum atomic E-state index is 10.3. The van der Waals surface area contributed by atoms with E-state index in [0.29, 0.717) is 0 Å². The fourth-order valence-corrected chi connectivity index (χ4v) is 1.28. The van der Waals surface area contributed by atoms with E-state index in [1.165, 1.54) is 18.2 Å². The van der Waals surface area contributed by atoms with Crippen LogP contribution in [-0.4, -0.2) is 27.2 Å². The molecule has 1 heterocycles. The summed E-state index contributed by atoms with van der Waals surface area (Å²) in [6.07, 6.45) is -0.0878. The van der Waals surface area contributed by atoms with Gasteiger partial charge >= 0.3 is 6.09 Å². The number of hydrogen-bond donors (Lipinski definition) is 3. The summed E-state index contributed by atoms with van der Waals surface area (Å²) in [5.41, 5.74) is 0. The van der Waals surface area contributed by atoms with Crippen molar-refractivity contribution in [2.75, 3.05) is 0 Å². The van der Waals surface area contributed by atoms with Crippen LogP contribution < -0.4 is 10.6 Å². The highest BCUT2D eigenvalue weighted by Gasteiger charge is 2.10. The van der Waals surface area contributed by atoms with E-state index in [-0.39, 0.29) is 27.9 Å². The van der Waals surface area contributed by atoms with Gasteiger partial charge in [-0.1, -0.05) is 0 Å². The highest BCUT2D eigenvalue weighted by molar-refractivity contribution is 6.14. The molecule has 15 heavy (non-hydrogen) atoms. The van der Waals surface area contributed by atoms with Gasteiger partial charge in [0.25, 0.3) is 0 Å². The van der Waals surface area contributed by atoms with Crippen molar-refractivity contribution in [2.24, 2.45) is 9.98 Å². The van der Waals surface area contributed by atoms with Crippen LogP contribution in [0.15, 0.2) is 22.1 Å². The fourth-order valence-electron chi connectivity index (χ4n) is 1.28. The Kier molecular flexibility index (Phi) is 1.89. The van der Waals surface area contributed by atoms with Crippen molar-refractivity contribution in [1.29, 1.82) is 0 Å². The zero-order chi connectivity index (χ0) is 11.0. The van der Waals surface area contributed by atoms with Crippen LogP contribution in [0.1, 0.15) is 0 Å². The molecule has 6 heteroatoms. The molecule has 0 bridgehead atoms. The van der Waals surface area contributed by atoms with Gasteiger partial charge in [0.05, 0.1) is 0 Å². The Bertz CT molecular complexity index is 546. The number of carbonyl (C=O) groups is 1. The third kappa shape index (κ3) is 1.52. The number of hydrogen-bond acceptors (Lipinski definition) is 3. The Hall–Kier alpha value is -2.37. The lowest BCUT2D eigenvalue weighted by Crippen LogP contribution is -2.21. The molecule has 1 aliphatic rings. The van der Waals surface area contributed by atoms with E-state index in [4.69, 9.17) is 5.11 Å². The molecule has 1 aromatic carbocycles. The van der Waals surface area contributed by atoms with Crippen LogP contribution in [-0.2, 0) is 0 Å². The first-order chi connectivity index (χ1) is 7.08. The number of phenolic OH excluding ortho intramolecular Hbond substituents is 2. The van der Waals surface area contributed by atoms with Gasteiger partial charge in [0, 0.05) is 5.22 Å². The Labute approximate surface area is 83.2 Å². The van der Waals surface area contributed by atoms with Crippen molar-refractivity contribution in [3.8, 4) is 11.5 Å². The van der Waals surface area contributed by atoms with Gasteiger partial charge in [-0.3, -0.25) is 0 Å². The second-order valence-corrected chi connectivity index (χ2v) is 2.87. The molecule has 0 aromatic heterocycles. The van der Waals surface area contributed by atoms with Gasteiger partial charge in [-0.25, -0.2) is 9.79 Å². The quantitative estimate of drug-likeness (QED) is 0.502. The van der Waals surface area contributed by atoms with Crippen LogP contribution in [0, 0.1) is 0 Å². The number of aliphatic imine (C=N–C) groups is 1. The summed E-state index contributed by atoms with van der Waals surface area (Å²) in [4.78, 5) is 17.2. The topological polar surface area (TPSA) is 102 Å². The molecular formula is C9H6N2O4. The normalized spacial score (nSPS) is 15.6. The summed E-state index contributed by atoms with van der Waals surface area (Å²) in [6, 6.07) is 2.57. The fraction of sp³-hybridized carbons (Fsp3) is 0. The van der Waals surface area contributed by atoms with Gasteiger partial charge in [0.2, 0.25) is 0 Å². The average molecular weight is 206 g/mol. The standard InChI is InChI=1S/C9H6N2O4/c12-5-1-2-6(13)8-4(5)3-7(10-8)11-9(14)15/h1-3,12-13H,(H,14,15). The third-order valence-electron chi connectivity index (χ3n) is 1.88. The van der Waals surface area contributed by atoms with E-state index < -0.39 is 6.09 Å². The predicted molar refractivity (Wildman–Crippen MR) is 50.5 cm³/mol. The lowest BCUT2D eigenvalue weighted by Gasteiger charge is -1.92. The Morgan fingerprint density at radius 1 is 1.27 bits per heavy atom. The van der Waals surface area contributed by atoms with E-state index >= 15 is 0 Å². The number of benzene rings is 1. The van der Waals surface area contributed by atoms with Crippen molar-refractivity contribution in [3.05, 3.63) is 22.7 Å².